The number of aromatic nitrogens is 4. The number of halogens is 1. The second kappa shape index (κ2) is 8.66. The number of hydrogen-bond acceptors (Lipinski definition) is 4. The van der Waals surface area contributed by atoms with Crippen LogP contribution in [-0.4, -0.2) is 49.5 Å². The number of hydrogen-bond donors (Lipinski definition) is 1. The first-order valence-electron chi connectivity index (χ1n) is 10.1. The Balaban J connectivity index is 0.00000225. The Hall–Kier alpha value is -1.86. The molecule has 0 radical (unpaired) electrons. The van der Waals surface area contributed by atoms with Gasteiger partial charge < -0.3 is 10.2 Å². The molecule has 1 N–H and O–H groups in total. The summed E-state index contributed by atoms with van der Waals surface area (Å²) in [6.45, 7) is 7.14. The Labute approximate surface area is 172 Å². The maximum Gasteiger partial charge on any atom is 0.244 e. The molecule has 1 amide bonds. The van der Waals surface area contributed by atoms with Crippen molar-refractivity contribution in [3.63, 3.8) is 0 Å². The number of nitrogens with one attached hydrogen (secondary N) is 1. The van der Waals surface area contributed by atoms with E-state index in [9.17, 15) is 4.79 Å². The van der Waals surface area contributed by atoms with Gasteiger partial charge in [0, 0.05) is 49.6 Å². The van der Waals surface area contributed by atoms with Crippen molar-refractivity contribution in [3.8, 4) is 0 Å². The van der Waals surface area contributed by atoms with Crippen molar-refractivity contribution in [2.24, 2.45) is 7.05 Å². The normalized spacial score (nSPS) is 19.3. The lowest BCUT2D eigenvalue weighted by Gasteiger charge is -2.23. The smallest absolute Gasteiger partial charge is 0.244 e. The minimum absolute atomic E-state index is 0. The minimum atomic E-state index is 0. The summed E-state index contributed by atoms with van der Waals surface area (Å²) < 4.78 is 3.71. The molecule has 1 aliphatic carbocycles. The number of nitrogens with zero attached hydrogens (tertiary/aromatic N) is 5. The predicted molar refractivity (Wildman–Crippen MR) is 111 cm³/mol. The van der Waals surface area contributed by atoms with Crippen molar-refractivity contribution in [2.45, 2.75) is 64.6 Å². The third-order valence-electron chi connectivity index (χ3n) is 5.97. The molecule has 2 fully saturated rings. The number of piperidine rings is 1. The van der Waals surface area contributed by atoms with Gasteiger partial charge in [-0.05, 0) is 52.1 Å². The Kier molecular flexibility index (Phi) is 6.45. The van der Waals surface area contributed by atoms with E-state index < -0.39 is 0 Å². The fourth-order valence-electron chi connectivity index (χ4n) is 4.04. The van der Waals surface area contributed by atoms with E-state index in [0.717, 1.165) is 43.0 Å². The molecule has 154 valence electrons. The summed E-state index contributed by atoms with van der Waals surface area (Å²) in [6, 6.07) is 2.44. The van der Waals surface area contributed by atoms with Crippen LogP contribution in [0.3, 0.4) is 0 Å². The van der Waals surface area contributed by atoms with Crippen LogP contribution in [0, 0.1) is 13.8 Å². The first-order valence-corrected chi connectivity index (χ1v) is 10.1. The first-order chi connectivity index (χ1) is 13.0. The van der Waals surface area contributed by atoms with Crippen molar-refractivity contribution < 1.29 is 4.79 Å². The van der Waals surface area contributed by atoms with Crippen LogP contribution >= 0.6 is 12.4 Å². The Morgan fingerprint density at radius 3 is 2.68 bits per heavy atom. The van der Waals surface area contributed by atoms with Crippen molar-refractivity contribution in [3.05, 3.63) is 34.9 Å². The average Bonchev–Trinajstić information content (AvgIpc) is 3.34. The highest BCUT2D eigenvalue weighted by Crippen LogP contribution is 2.30. The number of carbonyl (C=O) groups is 1. The van der Waals surface area contributed by atoms with Crippen LogP contribution in [-0.2, 0) is 24.9 Å². The van der Waals surface area contributed by atoms with E-state index in [1.54, 1.807) is 0 Å². The second-order valence-electron chi connectivity index (χ2n) is 8.01. The quantitative estimate of drug-likeness (QED) is 0.799. The molecule has 1 atom stereocenters. The van der Waals surface area contributed by atoms with Crippen LogP contribution in [0.2, 0.25) is 0 Å². The topological polar surface area (TPSA) is 68.0 Å². The number of rotatable bonds is 6. The zero-order valence-electron chi connectivity index (χ0n) is 17.0. The molecule has 1 unspecified atom stereocenters. The van der Waals surface area contributed by atoms with Crippen LogP contribution < -0.4 is 5.32 Å². The van der Waals surface area contributed by atoms with Crippen molar-refractivity contribution in [2.75, 3.05) is 13.1 Å². The summed E-state index contributed by atoms with van der Waals surface area (Å²) in [7, 11) is 1.96. The first kappa shape index (κ1) is 20.9. The maximum absolute atomic E-state index is 13.0. The third-order valence-corrected chi connectivity index (χ3v) is 5.97. The lowest BCUT2D eigenvalue weighted by atomic mass is 9.97. The zero-order chi connectivity index (χ0) is 19.0. The molecule has 8 heteroatoms. The van der Waals surface area contributed by atoms with E-state index in [2.05, 4.69) is 23.4 Å². The molecule has 1 saturated heterocycles. The van der Waals surface area contributed by atoms with Gasteiger partial charge in [-0.2, -0.15) is 10.2 Å². The van der Waals surface area contributed by atoms with Gasteiger partial charge in [0.1, 0.15) is 6.54 Å². The molecule has 2 aromatic rings. The largest absolute Gasteiger partial charge is 0.334 e. The van der Waals surface area contributed by atoms with Gasteiger partial charge in [0.25, 0.3) is 0 Å². The molecule has 4 rings (SSSR count). The van der Waals surface area contributed by atoms with E-state index in [0.29, 0.717) is 25.0 Å². The molecule has 28 heavy (non-hydrogen) atoms. The lowest BCUT2D eigenvalue weighted by Crippen LogP contribution is -2.35. The van der Waals surface area contributed by atoms with E-state index in [1.807, 2.05) is 34.4 Å². The Bertz CT molecular complexity index is 819. The molecular formula is C20H31ClN6O. The van der Waals surface area contributed by atoms with Gasteiger partial charge in [0.05, 0.1) is 11.4 Å². The molecule has 0 spiro atoms. The van der Waals surface area contributed by atoms with Crippen molar-refractivity contribution in [1.82, 2.24) is 29.8 Å². The minimum Gasteiger partial charge on any atom is -0.334 e. The van der Waals surface area contributed by atoms with E-state index >= 15 is 0 Å². The molecule has 2 aliphatic rings. The van der Waals surface area contributed by atoms with Crippen molar-refractivity contribution >= 4 is 18.3 Å². The summed E-state index contributed by atoms with van der Waals surface area (Å²) in [5, 5.41) is 12.6. The summed E-state index contributed by atoms with van der Waals surface area (Å²) in [5.41, 5.74) is 4.43. The molecule has 3 heterocycles. The van der Waals surface area contributed by atoms with Crippen LogP contribution in [0.4, 0.5) is 0 Å². The summed E-state index contributed by atoms with van der Waals surface area (Å²) in [5.74, 6) is 0.618. The van der Waals surface area contributed by atoms with Crippen molar-refractivity contribution in [1.29, 1.82) is 0 Å². The fraction of sp³-hybridized carbons (Fsp3) is 0.650. The van der Waals surface area contributed by atoms with Gasteiger partial charge in [-0.25, -0.2) is 0 Å². The molecular weight excluding hydrogens is 376 g/mol. The van der Waals surface area contributed by atoms with Gasteiger partial charge in [0.15, 0.2) is 0 Å². The monoisotopic (exact) mass is 406 g/mol. The molecule has 7 nitrogen and oxygen atoms in total. The van der Waals surface area contributed by atoms with Crippen LogP contribution in [0.25, 0.3) is 0 Å². The second-order valence-corrected chi connectivity index (χ2v) is 8.01. The molecule has 2 aromatic heterocycles. The predicted octanol–water partition coefficient (Wildman–Crippen LogP) is 2.31. The Morgan fingerprint density at radius 1 is 1.29 bits per heavy atom. The highest BCUT2D eigenvalue weighted by Gasteiger charge is 2.33. The van der Waals surface area contributed by atoms with E-state index in [1.165, 1.54) is 18.4 Å². The van der Waals surface area contributed by atoms with Gasteiger partial charge in [-0.3, -0.25) is 14.2 Å². The number of carbonyl (C=O) groups excluding carboxylic acids is 1. The van der Waals surface area contributed by atoms with Gasteiger partial charge in [-0.1, -0.05) is 0 Å². The van der Waals surface area contributed by atoms with Crippen LogP contribution in [0.15, 0.2) is 12.3 Å². The van der Waals surface area contributed by atoms with E-state index in [4.69, 9.17) is 5.10 Å². The number of amides is 1. The molecule has 0 bridgehead atoms. The van der Waals surface area contributed by atoms with Gasteiger partial charge in [-0.15, -0.1) is 12.4 Å². The summed E-state index contributed by atoms with van der Waals surface area (Å²) in [4.78, 5) is 15.1. The zero-order valence-corrected chi connectivity index (χ0v) is 17.8. The van der Waals surface area contributed by atoms with Crippen LogP contribution in [0.1, 0.15) is 54.2 Å². The van der Waals surface area contributed by atoms with Gasteiger partial charge >= 0.3 is 0 Å². The van der Waals surface area contributed by atoms with E-state index in [-0.39, 0.29) is 18.3 Å². The van der Waals surface area contributed by atoms with Crippen LogP contribution in [0.5, 0.6) is 0 Å². The Morgan fingerprint density at radius 2 is 2.07 bits per heavy atom. The molecule has 0 aromatic carbocycles. The standard InChI is InChI=1S/C20H30N6O.ClH/c1-14-18(15(2)24(3)22-14)12-26(17-6-7-17)20(27)13-25-10-8-19(23-25)16-5-4-9-21-11-16;/h8,10,16-17,21H,4-7,9,11-13H2,1-3H3;1H. The fourth-order valence-corrected chi connectivity index (χ4v) is 4.04. The SMILES string of the molecule is Cc1nn(C)c(C)c1CN(C(=O)Cn1ccc(C2CCCNC2)n1)C1CC1.Cl. The highest BCUT2D eigenvalue weighted by atomic mass is 35.5. The number of aryl methyl sites for hydroxylation is 2. The third kappa shape index (κ3) is 4.41. The average molecular weight is 407 g/mol. The lowest BCUT2D eigenvalue weighted by molar-refractivity contribution is -0.133. The molecule has 1 aliphatic heterocycles. The maximum atomic E-state index is 13.0. The van der Waals surface area contributed by atoms with Gasteiger partial charge in [0.2, 0.25) is 5.91 Å². The highest BCUT2D eigenvalue weighted by molar-refractivity contribution is 5.85. The molecule has 1 saturated carbocycles. The summed E-state index contributed by atoms with van der Waals surface area (Å²) >= 11 is 0. The summed E-state index contributed by atoms with van der Waals surface area (Å²) in [6.07, 6.45) is 6.51.